The number of methoxy groups -OCH3 is 1. The van der Waals surface area contributed by atoms with Crippen LogP contribution in [0.15, 0.2) is 12.7 Å². The Hall–Kier alpha value is -1.30. The van der Waals surface area contributed by atoms with Gasteiger partial charge >= 0.3 is 84.2 Å². The summed E-state index contributed by atoms with van der Waals surface area (Å²) in [4.78, 5) is 10.1. The number of hydrogen-bond donors (Lipinski definition) is 0. The molecule has 14 heteroatoms. The predicted octanol–water partition coefficient (Wildman–Crippen LogP) is 3.78. The van der Waals surface area contributed by atoms with Crippen molar-refractivity contribution in [3.8, 4) is 0 Å². The minimum atomic E-state index is -10.7. The van der Waals surface area contributed by atoms with Crippen LogP contribution < -0.4 is 0 Å². The number of rotatable bonds is 2. The monoisotopic (exact) mass is 412 g/mol. The van der Waals surface area contributed by atoms with Crippen LogP contribution in [-0.2, 0) is 45.2 Å². The van der Waals surface area contributed by atoms with E-state index in [0.717, 1.165) is 0 Å². The molecular formula is C9H7F6FeO6P-. The first-order valence-corrected chi connectivity index (χ1v) is 5.71. The number of esters is 1. The zero-order chi connectivity index (χ0) is 20.1. The third kappa shape index (κ3) is 529. The molecule has 0 aliphatic carbocycles. The van der Waals surface area contributed by atoms with Gasteiger partial charge in [0.1, 0.15) is 0 Å². The van der Waals surface area contributed by atoms with Gasteiger partial charge in [-0.1, -0.05) is 6.08 Å². The van der Waals surface area contributed by atoms with E-state index in [1.54, 1.807) is 0 Å². The second kappa shape index (κ2) is 20.7. The van der Waals surface area contributed by atoms with Crippen LogP contribution in [0.4, 0.5) is 25.2 Å². The molecule has 0 bridgehead atoms. The standard InChI is InChI=1S/C5H7O2.4CO.F6P.Fe/c1-3-4-5(6)7-2;4*1-2;1-7(2,3,4,5)6;/h3-4H,1H2,2H3;;;;;;/q;;;;;-1;. The second-order valence-corrected chi connectivity index (χ2v) is 3.80. The topological polar surface area (TPSA) is 106 Å². The van der Waals surface area contributed by atoms with Gasteiger partial charge in [0, 0.05) is 17.1 Å². The van der Waals surface area contributed by atoms with Crippen molar-refractivity contribution in [3.05, 3.63) is 45.7 Å². The number of hydrogen-bond acceptors (Lipinski definition) is 2. The van der Waals surface area contributed by atoms with Gasteiger partial charge in [0.05, 0.1) is 13.5 Å². The average molecular weight is 412 g/mol. The number of halogens is 6. The number of carbonyl (C=O) groups is 1. The van der Waals surface area contributed by atoms with Gasteiger partial charge in [-0.15, -0.1) is 6.58 Å². The Bertz CT molecular complexity index is 336. The summed E-state index contributed by atoms with van der Waals surface area (Å²) < 4.78 is 93.4. The first-order valence-electron chi connectivity index (χ1n) is 3.68. The van der Waals surface area contributed by atoms with Crippen LogP contribution in [0, 0.1) is 33.0 Å². The third-order valence-corrected chi connectivity index (χ3v) is 0.455. The van der Waals surface area contributed by atoms with E-state index in [4.69, 9.17) is 18.6 Å². The zero-order valence-electron chi connectivity index (χ0n) is 10.9. The first kappa shape index (κ1) is 43.0. The van der Waals surface area contributed by atoms with Gasteiger partial charge in [-0.2, -0.15) is 0 Å². The van der Waals surface area contributed by atoms with Gasteiger partial charge in [-0.25, -0.2) is 0 Å². The van der Waals surface area contributed by atoms with Crippen LogP contribution >= 0.6 is 7.81 Å². The quantitative estimate of drug-likeness (QED) is 0.172. The normalized spacial score (nSPS) is 9.70. The summed E-state index contributed by atoms with van der Waals surface area (Å²) in [7, 11) is -9.34. The first-order chi connectivity index (χ1) is 9.76. The molecule has 135 valence electrons. The summed E-state index contributed by atoms with van der Waals surface area (Å²) in [6, 6.07) is 0. The minimum absolute atomic E-state index is 0. The Balaban J connectivity index is -0.0000000301. The molecule has 0 amide bonds. The van der Waals surface area contributed by atoms with Crippen LogP contribution in [0.3, 0.4) is 0 Å². The smallest absolute Gasteiger partial charge is 0 e. The molecule has 6 nitrogen and oxygen atoms in total. The summed E-state index contributed by atoms with van der Waals surface area (Å²) in [5, 5.41) is 0. The van der Waals surface area contributed by atoms with Crippen LogP contribution in [0.25, 0.3) is 0 Å². The molecule has 0 rings (SSSR count). The fraction of sp³-hybridized carbons (Fsp3) is 0.111. The summed E-state index contributed by atoms with van der Waals surface area (Å²) in [5.74, 6) is -0.366. The molecule has 0 unspecified atom stereocenters. The third-order valence-electron chi connectivity index (χ3n) is 0.455. The Morgan fingerprint density at radius 3 is 1.13 bits per heavy atom. The molecule has 0 aliphatic heterocycles. The van der Waals surface area contributed by atoms with Crippen molar-refractivity contribution >= 4 is 13.8 Å². The Morgan fingerprint density at radius 1 is 0.913 bits per heavy atom. The molecule has 0 N–H and O–H groups in total. The van der Waals surface area contributed by atoms with Gasteiger partial charge in [0.25, 0.3) is 0 Å². The molecule has 0 aliphatic rings. The van der Waals surface area contributed by atoms with E-state index in [9.17, 15) is 30.0 Å². The molecule has 0 aromatic rings. The van der Waals surface area contributed by atoms with Crippen molar-refractivity contribution in [1.29, 1.82) is 0 Å². The largest absolute Gasteiger partial charge is 0 e. The van der Waals surface area contributed by atoms with Crippen molar-refractivity contribution in [2.45, 2.75) is 0 Å². The molecule has 0 saturated carbocycles. The zero-order valence-corrected chi connectivity index (χ0v) is 12.9. The van der Waals surface area contributed by atoms with Gasteiger partial charge in [0.15, 0.2) is 0 Å². The molecule has 23 heavy (non-hydrogen) atoms. The van der Waals surface area contributed by atoms with Crippen LogP contribution in [-0.4, -0.2) is 13.1 Å². The van der Waals surface area contributed by atoms with Crippen molar-refractivity contribution in [2.75, 3.05) is 7.11 Å². The van der Waals surface area contributed by atoms with Gasteiger partial charge < -0.3 is 4.74 Å². The molecule has 0 spiro atoms. The van der Waals surface area contributed by atoms with E-state index in [2.05, 4.69) is 37.9 Å². The maximum Gasteiger partial charge on any atom is 0 e. The van der Waals surface area contributed by atoms with E-state index in [0.29, 0.717) is 0 Å². The van der Waals surface area contributed by atoms with Crippen molar-refractivity contribution in [2.24, 2.45) is 0 Å². The fourth-order valence-corrected chi connectivity index (χ4v) is 0.164. The Morgan fingerprint density at radius 2 is 1.09 bits per heavy atom. The van der Waals surface area contributed by atoms with Crippen LogP contribution in [0.2, 0.25) is 0 Å². The summed E-state index contributed by atoms with van der Waals surface area (Å²) in [5.41, 5.74) is 0. The minimum Gasteiger partial charge on any atom is 0 e. The van der Waals surface area contributed by atoms with Gasteiger partial charge in [-0.05, 0) is 0 Å². The number of carbonyl (C=O) groups excluding carboxylic acids is 1. The summed E-state index contributed by atoms with van der Waals surface area (Å²) >= 11 is 0. The maximum absolute atomic E-state index is 10.7. The number of ether oxygens (including phenoxy) is 1. The predicted molar refractivity (Wildman–Crippen MR) is 55.8 cm³/mol. The van der Waals surface area contributed by atoms with E-state index >= 15 is 0 Å². The van der Waals surface area contributed by atoms with Crippen molar-refractivity contribution < 1.29 is 70.4 Å². The molecular weight excluding hydrogens is 405 g/mol. The van der Waals surface area contributed by atoms with Crippen LogP contribution in [0.1, 0.15) is 0 Å². The second-order valence-electron chi connectivity index (χ2n) is 1.88. The molecule has 0 fully saturated rings. The maximum atomic E-state index is 10.1. The molecule has 1 radical (unpaired) electrons. The molecule has 0 saturated heterocycles. The average Bonchev–Trinajstić information content (AvgIpc) is 2.44. The molecule has 0 heterocycles. The van der Waals surface area contributed by atoms with E-state index < -0.39 is 7.81 Å². The molecule has 0 aromatic heterocycles. The van der Waals surface area contributed by atoms with Crippen molar-refractivity contribution in [3.63, 3.8) is 0 Å². The Kier molecular flexibility index (Phi) is 38.7. The fourth-order valence-electron chi connectivity index (χ4n) is 0.164. The molecule has 0 atom stereocenters. The Labute approximate surface area is 137 Å². The summed E-state index contributed by atoms with van der Waals surface area (Å²) in [6.07, 6.45) is 2.63. The van der Waals surface area contributed by atoms with Crippen molar-refractivity contribution in [1.82, 2.24) is 0 Å². The van der Waals surface area contributed by atoms with E-state index in [1.807, 2.05) is 0 Å². The van der Waals surface area contributed by atoms with Gasteiger partial charge in [0.2, 0.25) is 0 Å². The summed E-state index contributed by atoms with van der Waals surface area (Å²) in [6.45, 7) is 21.3. The molecule has 0 aromatic carbocycles. The van der Waals surface area contributed by atoms with Crippen LogP contribution in [0.5, 0.6) is 0 Å². The van der Waals surface area contributed by atoms with E-state index in [1.165, 1.54) is 19.6 Å². The SMILES string of the molecule is C=C[CH]C(=O)OC.F[P-](F)(F)(F)(F)F.[C-]#[O+].[C-]#[O+].[C-]#[O+].[C-]#[O+].[Fe]. The van der Waals surface area contributed by atoms with E-state index in [-0.39, 0.29) is 23.0 Å². The van der Waals surface area contributed by atoms with Gasteiger partial charge in [-0.3, -0.25) is 4.79 Å².